The molecule has 0 amide bonds. The van der Waals surface area contributed by atoms with Crippen molar-refractivity contribution < 1.29 is 4.74 Å². The van der Waals surface area contributed by atoms with Gasteiger partial charge in [0.05, 0.1) is 6.04 Å². The maximum Gasteiger partial charge on any atom is 0.182 e. The second-order valence-corrected chi connectivity index (χ2v) is 5.17. The van der Waals surface area contributed by atoms with E-state index in [0.717, 1.165) is 5.88 Å². The Morgan fingerprint density at radius 2 is 1.88 bits per heavy atom. The number of ether oxygens (including phenoxy) is 1. The van der Waals surface area contributed by atoms with Crippen LogP contribution in [0, 0.1) is 0 Å². The van der Waals surface area contributed by atoms with Crippen molar-refractivity contribution in [3.05, 3.63) is 48.4 Å². The largest absolute Gasteiger partial charge is 0.477 e. The van der Waals surface area contributed by atoms with E-state index in [2.05, 4.69) is 56.5 Å². The van der Waals surface area contributed by atoms with Crippen molar-refractivity contribution in [2.24, 2.45) is 0 Å². The molecule has 86 valence electrons. The highest BCUT2D eigenvalue weighted by Crippen LogP contribution is 2.37. The van der Waals surface area contributed by atoms with Crippen LogP contribution in [-0.2, 0) is 4.74 Å². The van der Waals surface area contributed by atoms with Gasteiger partial charge in [0.25, 0.3) is 0 Å². The number of hydrogen-bond donors (Lipinski definition) is 0. The van der Waals surface area contributed by atoms with Gasteiger partial charge in [-0.15, -0.1) is 0 Å². The van der Waals surface area contributed by atoms with Crippen LogP contribution < -0.4 is 0 Å². The smallest absolute Gasteiger partial charge is 0.182 e. The first-order valence-corrected chi connectivity index (χ1v) is 5.66. The summed E-state index contributed by atoms with van der Waals surface area (Å²) in [5, 5.41) is 0. The molecule has 2 rings (SSSR count). The van der Waals surface area contributed by atoms with Crippen LogP contribution in [0.3, 0.4) is 0 Å². The van der Waals surface area contributed by atoms with Gasteiger partial charge in [-0.05, 0) is 32.9 Å². The molecule has 1 aromatic carbocycles. The molecule has 1 aromatic rings. The highest BCUT2D eigenvalue weighted by Gasteiger charge is 2.36. The van der Waals surface area contributed by atoms with Gasteiger partial charge in [0.2, 0.25) is 0 Å². The molecule has 0 radical (unpaired) electrons. The SMILES string of the molecule is C=C1OC[C@@H](c2ccccc2)N1C(C)(C)C. The summed E-state index contributed by atoms with van der Waals surface area (Å²) in [6.07, 6.45) is 0. The fourth-order valence-corrected chi connectivity index (χ4v) is 2.26. The highest BCUT2D eigenvalue weighted by atomic mass is 16.5. The summed E-state index contributed by atoms with van der Waals surface area (Å²) in [4.78, 5) is 2.25. The van der Waals surface area contributed by atoms with Crippen LogP contribution in [-0.4, -0.2) is 17.0 Å². The lowest BCUT2D eigenvalue weighted by molar-refractivity contribution is 0.143. The summed E-state index contributed by atoms with van der Waals surface area (Å²) in [5.74, 6) is 0.779. The molecular weight excluding hydrogens is 198 g/mol. The molecule has 0 N–H and O–H groups in total. The van der Waals surface area contributed by atoms with E-state index in [1.807, 2.05) is 6.07 Å². The fourth-order valence-electron chi connectivity index (χ4n) is 2.26. The third-order valence-electron chi connectivity index (χ3n) is 2.90. The Morgan fingerprint density at radius 1 is 1.25 bits per heavy atom. The molecule has 2 nitrogen and oxygen atoms in total. The van der Waals surface area contributed by atoms with Gasteiger partial charge in [0.1, 0.15) is 6.61 Å². The van der Waals surface area contributed by atoms with Gasteiger partial charge < -0.3 is 9.64 Å². The van der Waals surface area contributed by atoms with E-state index in [4.69, 9.17) is 4.74 Å². The van der Waals surface area contributed by atoms with Crippen molar-refractivity contribution in [3.8, 4) is 0 Å². The molecule has 0 aliphatic carbocycles. The molecule has 0 saturated carbocycles. The van der Waals surface area contributed by atoms with Crippen LogP contribution in [0.4, 0.5) is 0 Å². The Kier molecular flexibility index (Phi) is 2.66. The summed E-state index contributed by atoms with van der Waals surface area (Å²) in [5.41, 5.74) is 1.32. The van der Waals surface area contributed by atoms with Gasteiger partial charge in [-0.2, -0.15) is 0 Å². The van der Waals surface area contributed by atoms with Crippen molar-refractivity contribution in [1.29, 1.82) is 0 Å². The van der Waals surface area contributed by atoms with Gasteiger partial charge in [-0.1, -0.05) is 30.3 Å². The molecule has 16 heavy (non-hydrogen) atoms. The van der Waals surface area contributed by atoms with Gasteiger partial charge in [-0.3, -0.25) is 0 Å². The van der Waals surface area contributed by atoms with E-state index in [9.17, 15) is 0 Å². The first-order chi connectivity index (χ1) is 7.50. The van der Waals surface area contributed by atoms with Gasteiger partial charge in [0, 0.05) is 5.54 Å². The summed E-state index contributed by atoms with van der Waals surface area (Å²) >= 11 is 0. The molecule has 2 heteroatoms. The minimum atomic E-state index is 0.0358. The zero-order chi connectivity index (χ0) is 11.8. The summed E-state index contributed by atoms with van der Waals surface area (Å²) in [6.45, 7) is 11.2. The van der Waals surface area contributed by atoms with Crippen LogP contribution in [0.5, 0.6) is 0 Å². The molecule has 0 spiro atoms. The van der Waals surface area contributed by atoms with Crippen LogP contribution in [0.15, 0.2) is 42.8 Å². The van der Waals surface area contributed by atoms with Crippen LogP contribution in [0.1, 0.15) is 32.4 Å². The second kappa shape index (κ2) is 3.85. The monoisotopic (exact) mass is 217 g/mol. The zero-order valence-electron chi connectivity index (χ0n) is 10.2. The quantitative estimate of drug-likeness (QED) is 0.715. The number of benzene rings is 1. The zero-order valence-corrected chi connectivity index (χ0v) is 10.2. The van der Waals surface area contributed by atoms with E-state index in [0.29, 0.717) is 6.61 Å². The molecular formula is C14H19NO. The van der Waals surface area contributed by atoms with Crippen LogP contribution in [0.25, 0.3) is 0 Å². The van der Waals surface area contributed by atoms with E-state index < -0.39 is 0 Å². The van der Waals surface area contributed by atoms with Crippen molar-refractivity contribution in [1.82, 2.24) is 4.90 Å². The van der Waals surface area contributed by atoms with Gasteiger partial charge >= 0.3 is 0 Å². The first kappa shape index (κ1) is 11.1. The Morgan fingerprint density at radius 3 is 2.44 bits per heavy atom. The minimum absolute atomic E-state index is 0.0358. The lowest BCUT2D eigenvalue weighted by Gasteiger charge is -2.37. The number of nitrogens with zero attached hydrogens (tertiary/aromatic N) is 1. The summed E-state index contributed by atoms with van der Waals surface area (Å²) < 4.78 is 5.59. The molecule has 0 aromatic heterocycles. The third kappa shape index (κ3) is 1.92. The maximum absolute atomic E-state index is 5.59. The maximum atomic E-state index is 5.59. The highest BCUT2D eigenvalue weighted by molar-refractivity contribution is 5.22. The average Bonchev–Trinajstić information content (AvgIpc) is 2.61. The summed E-state index contributed by atoms with van der Waals surface area (Å²) in [7, 11) is 0. The van der Waals surface area contributed by atoms with E-state index in [1.54, 1.807) is 0 Å². The standard InChI is InChI=1S/C14H19NO/c1-11-15(14(2,3)4)13(10-16-11)12-8-6-5-7-9-12/h5-9,13H,1,10H2,2-4H3/t13-/m0/s1. The molecule has 0 unspecified atom stereocenters. The van der Waals surface area contributed by atoms with E-state index in [1.165, 1.54) is 5.56 Å². The lowest BCUT2D eigenvalue weighted by atomic mass is 10.00. The van der Waals surface area contributed by atoms with Crippen molar-refractivity contribution in [2.75, 3.05) is 6.61 Å². The van der Waals surface area contributed by atoms with Gasteiger partial charge in [0.15, 0.2) is 5.88 Å². The van der Waals surface area contributed by atoms with Crippen molar-refractivity contribution in [3.63, 3.8) is 0 Å². The van der Waals surface area contributed by atoms with Crippen LogP contribution in [0.2, 0.25) is 0 Å². The summed E-state index contributed by atoms with van der Waals surface area (Å²) in [6, 6.07) is 10.7. The predicted molar refractivity (Wildman–Crippen MR) is 65.9 cm³/mol. The fraction of sp³-hybridized carbons (Fsp3) is 0.429. The number of hydrogen-bond acceptors (Lipinski definition) is 2. The molecule has 1 saturated heterocycles. The molecule has 1 heterocycles. The lowest BCUT2D eigenvalue weighted by Crippen LogP contribution is -2.39. The Labute approximate surface area is 97.5 Å². The Balaban J connectivity index is 2.32. The molecule has 1 atom stereocenters. The number of rotatable bonds is 1. The van der Waals surface area contributed by atoms with E-state index in [-0.39, 0.29) is 11.6 Å². The second-order valence-electron chi connectivity index (χ2n) is 5.17. The van der Waals surface area contributed by atoms with Crippen LogP contribution >= 0.6 is 0 Å². The Bertz CT molecular complexity index is 377. The normalized spacial score (nSPS) is 21.1. The third-order valence-corrected chi connectivity index (χ3v) is 2.90. The Hall–Kier alpha value is -1.44. The molecule has 1 fully saturated rings. The van der Waals surface area contributed by atoms with Gasteiger partial charge in [-0.25, -0.2) is 0 Å². The topological polar surface area (TPSA) is 12.5 Å². The van der Waals surface area contributed by atoms with E-state index >= 15 is 0 Å². The van der Waals surface area contributed by atoms with Crippen molar-refractivity contribution in [2.45, 2.75) is 32.4 Å². The molecule has 1 aliphatic rings. The predicted octanol–water partition coefficient (Wildman–Crippen LogP) is 3.33. The van der Waals surface area contributed by atoms with Crippen molar-refractivity contribution >= 4 is 0 Å². The molecule has 0 bridgehead atoms. The molecule has 1 aliphatic heterocycles. The first-order valence-electron chi connectivity index (χ1n) is 5.66. The minimum Gasteiger partial charge on any atom is -0.477 e. The average molecular weight is 217 g/mol.